The van der Waals surface area contributed by atoms with Crippen molar-refractivity contribution in [2.75, 3.05) is 6.54 Å². The van der Waals surface area contributed by atoms with Crippen LogP contribution in [0.5, 0.6) is 0 Å². The summed E-state index contributed by atoms with van der Waals surface area (Å²) in [6, 6.07) is 12.0. The molecule has 2 rings (SSSR count). The molecule has 0 spiro atoms. The quantitative estimate of drug-likeness (QED) is 0.745. The first kappa shape index (κ1) is 15.7. The Morgan fingerprint density at radius 1 is 1.29 bits per heavy atom. The molecule has 1 aromatic carbocycles. The molecule has 1 atom stereocenters. The number of pyridine rings is 1. The molecule has 0 radical (unpaired) electrons. The van der Waals surface area contributed by atoms with Crippen molar-refractivity contribution in [2.24, 2.45) is 0 Å². The van der Waals surface area contributed by atoms with Gasteiger partial charge in [0.15, 0.2) is 0 Å². The third-order valence-corrected chi connectivity index (χ3v) is 3.56. The molecule has 21 heavy (non-hydrogen) atoms. The maximum atomic E-state index is 11.9. The van der Waals surface area contributed by atoms with Crippen molar-refractivity contribution in [1.29, 1.82) is 0 Å². The molecule has 6 heteroatoms. The van der Waals surface area contributed by atoms with Gasteiger partial charge in [0.2, 0.25) is 0 Å². The molecule has 110 valence electrons. The van der Waals surface area contributed by atoms with Gasteiger partial charge >= 0.3 is 0 Å². The number of aromatic nitrogens is 1. The fourth-order valence-corrected chi connectivity index (χ4v) is 2.39. The topological polar surface area (TPSA) is 71.3 Å². The predicted molar refractivity (Wildman–Crippen MR) is 88.2 cm³/mol. The van der Waals surface area contributed by atoms with Gasteiger partial charge in [-0.25, -0.2) is 0 Å². The number of nitrogens with zero attached hydrogens (tertiary/aromatic N) is 1. The lowest BCUT2D eigenvalue weighted by Gasteiger charge is -2.13. The number of nitrogens with one attached hydrogen (secondary N) is 1. The lowest BCUT2D eigenvalue weighted by Crippen LogP contribution is -2.36. The van der Waals surface area contributed by atoms with E-state index in [1.54, 1.807) is 36.5 Å². The van der Waals surface area contributed by atoms with E-state index in [0.29, 0.717) is 5.56 Å². The Morgan fingerprint density at radius 2 is 2.10 bits per heavy atom. The number of rotatable bonds is 5. The van der Waals surface area contributed by atoms with Crippen LogP contribution in [-0.4, -0.2) is 28.2 Å². The number of hydrogen-bond acceptors (Lipinski definition) is 3. The van der Waals surface area contributed by atoms with E-state index in [1.807, 2.05) is 6.07 Å². The monoisotopic (exact) mass is 398 g/mol. The van der Waals surface area contributed by atoms with Gasteiger partial charge in [-0.3, -0.25) is 9.59 Å². The smallest absolute Gasteiger partial charge is 0.251 e. The summed E-state index contributed by atoms with van der Waals surface area (Å²) in [5, 5.41) is 12.6. The van der Waals surface area contributed by atoms with Crippen molar-refractivity contribution in [1.82, 2.24) is 9.88 Å². The van der Waals surface area contributed by atoms with E-state index < -0.39 is 6.10 Å². The highest BCUT2D eigenvalue weighted by molar-refractivity contribution is 14.1. The molecular weight excluding hydrogens is 383 g/mol. The van der Waals surface area contributed by atoms with E-state index in [4.69, 9.17) is 0 Å². The van der Waals surface area contributed by atoms with Crippen LogP contribution >= 0.6 is 22.6 Å². The lowest BCUT2D eigenvalue weighted by molar-refractivity contribution is 0.0903. The highest BCUT2D eigenvalue weighted by Gasteiger charge is 2.10. The minimum atomic E-state index is -0.822. The van der Waals surface area contributed by atoms with Crippen molar-refractivity contribution >= 4 is 28.5 Å². The SMILES string of the molecule is O=C(NCC(O)Cn1ccccc1=O)c1cccc(I)c1. The molecule has 0 aliphatic rings. The van der Waals surface area contributed by atoms with Gasteiger partial charge in [-0.1, -0.05) is 12.1 Å². The Kier molecular flexibility index (Phi) is 5.51. The number of benzene rings is 1. The minimum absolute atomic E-state index is 0.0889. The average Bonchev–Trinajstić information content (AvgIpc) is 2.47. The molecule has 0 aliphatic carbocycles. The highest BCUT2D eigenvalue weighted by Crippen LogP contribution is 2.07. The summed E-state index contributed by atoms with van der Waals surface area (Å²) in [5.74, 6) is -0.243. The maximum Gasteiger partial charge on any atom is 0.251 e. The number of carbonyl (C=O) groups is 1. The zero-order valence-corrected chi connectivity index (χ0v) is 13.4. The molecule has 0 aliphatic heterocycles. The van der Waals surface area contributed by atoms with Gasteiger partial charge in [0, 0.05) is 27.9 Å². The largest absolute Gasteiger partial charge is 0.389 e. The van der Waals surface area contributed by atoms with Crippen LogP contribution in [-0.2, 0) is 6.54 Å². The summed E-state index contributed by atoms with van der Waals surface area (Å²) in [4.78, 5) is 23.4. The number of halogens is 1. The summed E-state index contributed by atoms with van der Waals surface area (Å²) >= 11 is 2.13. The zero-order valence-electron chi connectivity index (χ0n) is 11.2. The maximum absolute atomic E-state index is 11.9. The zero-order chi connectivity index (χ0) is 15.2. The summed E-state index contributed by atoms with van der Waals surface area (Å²) in [5.41, 5.74) is 0.367. The van der Waals surface area contributed by atoms with Crippen LogP contribution < -0.4 is 10.9 Å². The number of hydrogen-bond donors (Lipinski definition) is 2. The number of carbonyl (C=O) groups excluding carboxylic acids is 1. The molecule has 1 heterocycles. The summed E-state index contributed by atoms with van der Waals surface area (Å²) in [7, 11) is 0. The van der Waals surface area contributed by atoms with Crippen LogP contribution in [0.1, 0.15) is 10.4 Å². The van der Waals surface area contributed by atoms with E-state index in [9.17, 15) is 14.7 Å². The van der Waals surface area contributed by atoms with Crippen molar-refractivity contribution in [2.45, 2.75) is 12.6 Å². The second-order valence-corrected chi connectivity index (χ2v) is 5.81. The van der Waals surface area contributed by atoms with Gasteiger partial charge in [-0.15, -0.1) is 0 Å². The Bertz CT molecular complexity index is 684. The Balaban J connectivity index is 1.89. The Labute approximate surface area is 135 Å². The van der Waals surface area contributed by atoms with Gasteiger partial charge in [-0.2, -0.15) is 0 Å². The summed E-state index contributed by atoms with van der Waals surface area (Å²) < 4.78 is 2.37. The standard InChI is InChI=1S/C15H15IN2O3/c16-12-5-3-4-11(8-12)15(21)17-9-13(19)10-18-7-2-1-6-14(18)20/h1-8,13,19H,9-10H2,(H,17,21). The summed E-state index contributed by atoms with van der Waals surface area (Å²) in [6.45, 7) is 0.234. The Hall–Kier alpha value is -1.67. The van der Waals surface area contributed by atoms with Gasteiger partial charge in [0.25, 0.3) is 11.5 Å². The molecular formula is C15H15IN2O3. The van der Waals surface area contributed by atoms with Gasteiger partial charge in [0.05, 0.1) is 12.6 Å². The first-order valence-electron chi connectivity index (χ1n) is 6.43. The van der Waals surface area contributed by atoms with E-state index in [-0.39, 0.29) is 24.6 Å². The highest BCUT2D eigenvalue weighted by atomic mass is 127. The van der Waals surface area contributed by atoms with Crippen LogP contribution in [0.4, 0.5) is 0 Å². The van der Waals surface area contributed by atoms with E-state index in [0.717, 1.165) is 3.57 Å². The second kappa shape index (κ2) is 7.37. The third-order valence-electron chi connectivity index (χ3n) is 2.89. The van der Waals surface area contributed by atoms with Crippen LogP contribution in [0, 0.1) is 3.57 Å². The lowest BCUT2D eigenvalue weighted by atomic mass is 10.2. The van der Waals surface area contributed by atoms with E-state index in [1.165, 1.54) is 10.6 Å². The number of aliphatic hydroxyl groups is 1. The molecule has 0 bridgehead atoms. The molecule has 5 nitrogen and oxygen atoms in total. The normalized spacial score (nSPS) is 11.9. The molecule has 1 unspecified atom stereocenters. The fraction of sp³-hybridized carbons (Fsp3) is 0.200. The number of aliphatic hydroxyl groups excluding tert-OH is 1. The third kappa shape index (κ3) is 4.68. The fourth-order valence-electron chi connectivity index (χ4n) is 1.85. The molecule has 1 aromatic heterocycles. The first-order chi connectivity index (χ1) is 10.1. The second-order valence-electron chi connectivity index (χ2n) is 4.57. The van der Waals surface area contributed by atoms with E-state index >= 15 is 0 Å². The molecule has 0 saturated heterocycles. The molecule has 2 N–H and O–H groups in total. The van der Waals surface area contributed by atoms with Crippen molar-refractivity contribution in [3.8, 4) is 0 Å². The van der Waals surface area contributed by atoms with E-state index in [2.05, 4.69) is 27.9 Å². The van der Waals surface area contributed by atoms with Crippen molar-refractivity contribution in [3.05, 3.63) is 68.1 Å². The molecule has 0 fully saturated rings. The average molecular weight is 398 g/mol. The van der Waals surface area contributed by atoms with Gasteiger partial charge in [-0.05, 0) is 46.9 Å². The summed E-state index contributed by atoms with van der Waals surface area (Å²) in [6.07, 6.45) is 0.782. The van der Waals surface area contributed by atoms with Crippen LogP contribution in [0.2, 0.25) is 0 Å². The molecule has 1 amide bonds. The van der Waals surface area contributed by atoms with Crippen LogP contribution in [0.15, 0.2) is 53.5 Å². The van der Waals surface area contributed by atoms with Gasteiger partial charge in [0.1, 0.15) is 0 Å². The predicted octanol–water partition coefficient (Wildman–Crippen LogP) is 1.24. The molecule has 2 aromatic rings. The van der Waals surface area contributed by atoms with Crippen molar-refractivity contribution in [3.63, 3.8) is 0 Å². The van der Waals surface area contributed by atoms with Gasteiger partial charge < -0.3 is 15.0 Å². The van der Waals surface area contributed by atoms with Crippen LogP contribution in [0.3, 0.4) is 0 Å². The Morgan fingerprint density at radius 3 is 2.81 bits per heavy atom. The first-order valence-corrected chi connectivity index (χ1v) is 7.51. The number of amides is 1. The van der Waals surface area contributed by atoms with Crippen molar-refractivity contribution < 1.29 is 9.90 Å². The molecule has 0 saturated carbocycles. The minimum Gasteiger partial charge on any atom is -0.389 e. The van der Waals surface area contributed by atoms with Crippen LogP contribution in [0.25, 0.3) is 0 Å².